The molecule has 3 unspecified atom stereocenters. The van der Waals surface area contributed by atoms with Crippen molar-refractivity contribution < 1.29 is 39.3 Å². The zero-order valence-corrected chi connectivity index (χ0v) is 23.6. The Bertz CT molecular complexity index is 1160. The van der Waals surface area contributed by atoms with Gasteiger partial charge in [-0.05, 0) is 43.6 Å². The van der Waals surface area contributed by atoms with E-state index in [0.29, 0.717) is 24.0 Å². The van der Waals surface area contributed by atoms with Crippen LogP contribution in [0.3, 0.4) is 0 Å². The molecule has 2 fully saturated rings. The van der Waals surface area contributed by atoms with Crippen LogP contribution in [-0.4, -0.2) is 56.1 Å². The summed E-state index contributed by atoms with van der Waals surface area (Å²) in [5, 5.41) is 32.4. The van der Waals surface area contributed by atoms with Gasteiger partial charge in [-0.3, -0.25) is 24.0 Å². The van der Waals surface area contributed by atoms with Gasteiger partial charge in [-0.15, -0.1) is 0 Å². The lowest BCUT2D eigenvalue weighted by Gasteiger charge is -2.60. The van der Waals surface area contributed by atoms with Crippen molar-refractivity contribution >= 4 is 29.1 Å². The SMILES string of the molecule is CC(CC(=O)C[C@@](C)(O)C1CC(=O)[C@]2(C)C3=C(C(=O)C[C@@]12C)[C@]1(C)CCC(=O)C(C)(C)C1C[C@H]3O)C(=O)O. The summed E-state index contributed by atoms with van der Waals surface area (Å²) in [5.74, 6) is -3.63. The van der Waals surface area contributed by atoms with Gasteiger partial charge in [0.25, 0.3) is 0 Å². The van der Waals surface area contributed by atoms with Crippen molar-refractivity contribution in [3.05, 3.63) is 11.1 Å². The lowest BCUT2D eigenvalue weighted by molar-refractivity contribution is -0.150. The van der Waals surface area contributed by atoms with Crippen LogP contribution in [-0.2, 0) is 24.0 Å². The predicted molar refractivity (Wildman–Crippen MR) is 138 cm³/mol. The zero-order chi connectivity index (χ0) is 28.8. The first-order valence-electron chi connectivity index (χ1n) is 13.7. The number of fused-ring (bicyclic) bond motifs is 4. The van der Waals surface area contributed by atoms with Gasteiger partial charge in [0.15, 0.2) is 5.78 Å². The van der Waals surface area contributed by atoms with Gasteiger partial charge in [-0.2, -0.15) is 0 Å². The second kappa shape index (κ2) is 8.65. The van der Waals surface area contributed by atoms with Gasteiger partial charge in [0.1, 0.15) is 17.3 Å². The maximum absolute atomic E-state index is 14.1. The molecule has 8 atom stereocenters. The van der Waals surface area contributed by atoms with E-state index in [9.17, 15) is 39.3 Å². The van der Waals surface area contributed by atoms with Crippen molar-refractivity contribution in [3.63, 3.8) is 0 Å². The number of hydrogen-bond donors (Lipinski definition) is 3. The highest BCUT2D eigenvalue weighted by atomic mass is 16.4. The quantitative estimate of drug-likeness (QED) is 0.473. The topological polar surface area (TPSA) is 146 Å². The van der Waals surface area contributed by atoms with Gasteiger partial charge in [0.05, 0.1) is 23.0 Å². The third kappa shape index (κ3) is 3.73. The van der Waals surface area contributed by atoms with E-state index in [2.05, 4.69) is 0 Å². The molecule has 0 aromatic carbocycles. The molecule has 8 nitrogen and oxygen atoms in total. The molecule has 2 saturated carbocycles. The summed E-state index contributed by atoms with van der Waals surface area (Å²) in [6.07, 6.45) is -0.624. The minimum absolute atomic E-state index is 0.0159. The summed E-state index contributed by atoms with van der Waals surface area (Å²) < 4.78 is 0. The van der Waals surface area contributed by atoms with Crippen LogP contribution >= 0.6 is 0 Å². The van der Waals surface area contributed by atoms with Gasteiger partial charge >= 0.3 is 5.97 Å². The number of allylic oxidation sites excluding steroid dienone is 1. The molecule has 0 amide bonds. The fourth-order valence-corrected chi connectivity index (χ4v) is 8.97. The lowest BCUT2D eigenvalue weighted by atomic mass is 9.42. The summed E-state index contributed by atoms with van der Waals surface area (Å²) in [5.41, 5.74) is -4.36. The molecule has 4 aliphatic rings. The van der Waals surface area contributed by atoms with E-state index in [0.717, 1.165) is 0 Å². The van der Waals surface area contributed by atoms with Gasteiger partial charge in [-0.25, -0.2) is 0 Å². The number of aliphatic hydroxyl groups is 2. The number of carboxylic acids is 1. The smallest absolute Gasteiger partial charge is 0.306 e. The maximum Gasteiger partial charge on any atom is 0.306 e. The van der Waals surface area contributed by atoms with Crippen molar-refractivity contribution in [2.24, 2.45) is 39.4 Å². The Hall–Kier alpha value is -2.19. The highest BCUT2D eigenvalue weighted by Gasteiger charge is 2.71. The number of carboxylic acid groups (broad SMARTS) is 1. The molecule has 0 saturated heterocycles. The first-order valence-corrected chi connectivity index (χ1v) is 13.7. The maximum atomic E-state index is 14.1. The molecular weight excluding hydrogens is 488 g/mol. The highest BCUT2D eigenvalue weighted by molar-refractivity contribution is 6.05. The van der Waals surface area contributed by atoms with Crippen LogP contribution in [0.4, 0.5) is 0 Å². The number of Topliss-reactive ketones (excluding diaryl/α,β-unsaturated/α-hetero) is 4. The fraction of sp³-hybridized carbons (Fsp3) is 0.767. The van der Waals surface area contributed by atoms with Crippen LogP contribution in [0.25, 0.3) is 0 Å². The molecule has 0 aliphatic heterocycles. The first kappa shape index (κ1) is 28.8. The number of carbonyl (C=O) groups is 5. The van der Waals surface area contributed by atoms with E-state index in [1.54, 1.807) is 13.8 Å². The van der Waals surface area contributed by atoms with E-state index in [1.807, 2.05) is 20.8 Å². The highest BCUT2D eigenvalue weighted by Crippen LogP contribution is 2.70. The van der Waals surface area contributed by atoms with E-state index >= 15 is 0 Å². The van der Waals surface area contributed by atoms with Crippen LogP contribution in [0.2, 0.25) is 0 Å². The van der Waals surface area contributed by atoms with Gasteiger partial charge in [-0.1, -0.05) is 34.6 Å². The summed E-state index contributed by atoms with van der Waals surface area (Å²) in [6, 6.07) is 0. The summed E-state index contributed by atoms with van der Waals surface area (Å²) in [7, 11) is 0. The average molecular weight is 531 g/mol. The van der Waals surface area contributed by atoms with Crippen LogP contribution < -0.4 is 0 Å². The lowest BCUT2D eigenvalue weighted by Crippen LogP contribution is -2.60. The van der Waals surface area contributed by atoms with Crippen molar-refractivity contribution in [1.29, 1.82) is 0 Å². The molecule has 0 aromatic rings. The second-order valence-corrected chi connectivity index (χ2v) is 14.0. The number of carbonyl (C=O) groups excluding carboxylic acids is 4. The summed E-state index contributed by atoms with van der Waals surface area (Å²) in [6.45, 7) is 12.2. The van der Waals surface area contributed by atoms with E-state index in [4.69, 9.17) is 0 Å². The minimum atomic E-state index is -1.65. The van der Waals surface area contributed by atoms with Crippen LogP contribution in [0.15, 0.2) is 11.1 Å². The number of aliphatic carboxylic acids is 1. The van der Waals surface area contributed by atoms with Crippen molar-refractivity contribution in [2.75, 3.05) is 0 Å². The number of rotatable bonds is 6. The van der Waals surface area contributed by atoms with Crippen molar-refractivity contribution in [2.45, 2.75) is 105 Å². The Kier molecular flexibility index (Phi) is 6.56. The molecule has 38 heavy (non-hydrogen) atoms. The summed E-state index contributed by atoms with van der Waals surface area (Å²) >= 11 is 0. The van der Waals surface area contributed by atoms with Crippen LogP contribution in [0.5, 0.6) is 0 Å². The molecule has 4 rings (SSSR count). The van der Waals surface area contributed by atoms with Crippen LogP contribution in [0.1, 0.15) is 93.4 Å². The van der Waals surface area contributed by atoms with Crippen molar-refractivity contribution in [3.8, 4) is 0 Å². The number of aliphatic hydroxyl groups excluding tert-OH is 1. The zero-order valence-electron chi connectivity index (χ0n) is 23.6. The summed E-state index contributed by atoms with van der Waals surface area (Å²) in [4.78, 5) is 64.8. The Morgan fingerprint density at radius 3 is 2.26 bits per heavy atom. The van der Waals surface area contributed by atoms with Gasteiger partial charge < -0.3 is 15.3 Å². The second-order valence-electron chi connectivity index (χ2n) is 14.0. The molecule has 4 aliphatic carbocycles. The minimum Gasteiger partial charge on any atom is -0.481 e. The van der Waals surface area contributed by atoms with E-state index < -0.39 is 57.0 Å². The Labute approximate surface area is 224 Å². The number of ketones is 4. The van der Waals surface area contributed by atoms with Crippen LogP contribution in [0, 0.1) is 39.4 Å². The normalized spacial score (nSPS) is 40.7. The third-order valence-corrected chi connectivity index (χ3v) is 11.3. The Morgan fingerprint density at radius 2 is 1.68 bits per heavy atom. The average Bonchev–Trinajstić information content (AvgIpc) is 2.99. The molecule has 210 valence electrons. The molecule has 0 bridgehead atoms. The molecule has 0 aromatic heterocycles. The molecule has 0 heterocycles. The Balaban J connectivity index is 1.79. The molecule has 0 spiro atoms. The van der Waals surface area contributed by atoms with Crippen molar-refractivity contribution in [1.82, 2.24) is 0 Å². The number of hydrogen-bond acceptors (Lipinski definition) is 7. The largest absolute Gasteiger partial charge is 0.481 e. The van der Waals surface area contributed by atoms with Gasteiger partial charge in [0, 0.05) is 54.4 Å². The first-order chi connectivity index (χ1) is 17.2. The third-order valence-electron chi connectivity index (χ3n) is 11.3. The standard InChI is InChI=1S/C30H42O8/c1-15(25(36)37)10-16(31)13-29(6,38)20-12-22(35)30(7)24-17(32)11-19-26(2,3)21(34)8-9-27(19,4)23(24)18(33)14-28(20,30)5/h15,17,19-20,32,38H,8-14H2,1-7H3,(H,36,37)/t15?,17-,19?,20?,27-,28+,29-,30-/m1/s1. The van der Waals surface area contributed by atoms with E-state index in [1.165, 1.54) is 13.8 Å². The molecular formula is C30H42O8. The molecule has 8 heteroatoms. The predicted octanol–water partition coefficient (Wildman–Crippen LogP) is 3.45. The van der Waals surface area contributed by atoms with Gasteiger partial charge in [0.2, 0.25) is 0 Å². The monoisotopic (exact) mass is 530 g/mol. The molecule has 3 N–H and O–H groups in total. The fourth-order valence-electron chi connectivity index (χ4n) is 8.97. The molecule has 0 radical (unpaired) electrons. The van der Waals surface area contributed by atoms with E-state index in [-0.39, 0.29) is 55.4 Å². The Morgan fingerprint density at radius 1 is 1.08 bits per heavy atom.